The molecule has 0 saturated carbocycles. The Labute approximate surface area is 436 Å². The number of allylic oxidation sites excluding steroid dienone is 6. The number of aliphatic hydroxyl groups is 7. The zero-order valence-electron chi connectivity index (χ0n) is 45.2. The minimum absolute atomic E-state index is 0.0624. The topological polar surface area (TPSA) is 214 Å². The van der Waals surface area contributed by atoms with E-state index in [4.69, 9.17) is 28.4 Å². The van der Waals surface area contributed by atoms with E-state index in [1.807, 2.05) is 0 Å². The van der Waals surface area contributed by atoms with Gasteiger partial charge in [-0.1, -0.05) is 204 Å². The molecular weight excluding hydrogens is 921 g/mol. The van der Waals surface area contributed by atoms with Crippen molar-refractivity contribution in [3.63, 3.8) is 0 Å². The second-order valence-corrected chi connectivity index (χ2v) is 20.5. The summed E-state index contributed by atoms with van der Waals surface area (Å²) in [6.07, 6.45) is 36.4. The minimum atomic E-state index is -1.71. The van der Waals surface area contributed by atoms with Gasteiger partial charge in [-0.3, -0.25) is 4.79 Å². The van der Waals surface area contributed by atoms with Crippen molar-refractivity contribution in [2.75, 3.05) is 33.0 Å². The van der Waals surface area contributed by atoms with Crippen LogP contribution in [0, 0.1) is 0 Å². The first-order chi connectivity index (χ1) is 35.1. The third kappa shape index (κ3) is 31.9. The Morgan fingerprint density at radius 3 is 1.35 bits per heavy atom. The highest BCUT2D eigenvalue weighted by molar-refractivity contribution is 5.69. The number of carbonyl (C=O) groups is 1. The average molecular weight is 1030 g/mol. The lowest BCUT2D eigenvalue weighted by Gasteiger charge is -2.42. The third-order valence-electron chi connectivity index (χ3n) is 13.9. The van der Waals surface area contributed by atoms with Gasteiger partial charge in [-0.05, 0) is 51.4 Å². The second-order valence-electron chi connectivity index (χ2n) is 20.5. The largest absolute Gasteiger partial charge is 0.457 e. The highest BCUT2D eigenvalue weighted by Crippen LogP contribution is 2.27. The van der Waals surface area contributed by atoms with Crippen LogP contribution >= 0.6 is 0 Å². The maximum absolute atomic E-state index is 13.0. The van der Waals surface area contributed by atoms with Crippen LogP contribution in [-0.2, 0) is 33.2 Å². The van der Waals surface area contributed by atoms with Crippen molar-refractivity contribution in [2.45, 2.75) is 293 Å². The zero-order chi connectivity index (χ0) is 52.3. The number of esters is 1. The lowest BCUT2D eigenvalue weighted by Crippen LogP contribution is -2.61. The Kier molecular flexibility index (Phi) is 41.8. The van der Waals surface area contributed by atoms with E-state index in [1.165, 1.54) is 148 Å². The lowest BCUT2D eigenvalue weighted by molar-refractivity contribution is -0.332. The third-order valence-corrected chi connectivity index (χ3v) is 13.9. The first kappa shape index (κ1) is 66.3. The van der Waals surface area contributed by atoms with Crippen LogP contribution in [0.1, 0.15) is 226 Å². The summed E-state index contributed by atoms with van der Waals surface area (Å²) >= 11 is 0. The molecule has 2 heterocycles. The first-order valence-electron chi connectivity index (χ1n) is 29.1. The number of unbranched alkanes of at least 4 members (excludes halogenated alkanes) is 27. The number of carbonyl (C=O) groups excluding carboxylic acids is 1. The van der Waals surface area contributed by atoms with E-state index < -0.39 is 80.7 Å². The molecular formula is C58H106O14. The molecule has 0 aromatic rings. The number of rotatable bonds is 47. The SMILES string of the molecule is CCCCCCC/C=C\C/C=C\C/C=C\CCCCCCCCCCCCCOCC(COC1OC(COC2OC(CO)C(O)C(O)C2O)C(O)C(O)C1O)OC(=O)CCCCCCCCCCCCCC. The molecule has 422 valence electrons. The predicted octanol–water partition coefficient (Wildman–Crippen LogP) is 10.1. The van der Waals surface area contributed by atoms with E-state index in [9.17, 15) is 40.5 Å². The van der Waals surface area contributed by atoms with Crippen molar-refractivity contribution in [2.24, 2.45) is 0 Å². The van der Waals surface area contributed by atoms with E-state index in [-0.39, 0.29) is 25.6 Å². The molecule has 0 aromatic heterocycles. The van der Waals surface area contributed by atoms with Crippen molar-refractivity contribution < 1.29 is 69.0 Å². The van der Waals surface area contributed by atoms with Crippen LogP contribution in [0.3, 0.4) is 0 Å². The lowest BCUT2D eigenvalue weighted by atomic mass is 9.98. The minimum Gasteiger partial charge on any atom is -0.457 e. The molecule has 72 heavy (non-hydrogen) atoms. The van der Waals surface area contributed by atoms with Gasteiger partial charge in [-0.2, -0.15) is 0 Å². The highest BCUT2D eigenvalue weighted by Gasteiger charge is 2.47. The average Bonchev–Trinajstić information content (AvgIpc) is 3.38. The van der Waals surface area contributed by atoms with Gasteiger partial charge < -0.3 is 64.2 Å². The Hall–Kier alpha value is -1.79. The fourth-order valence-corrected chi connectivity index (χ4v) is 9.18. The van der Waals surface area contributed by atoms with Gasteiger partial charge in [0.2, 0.25) is 0 Å². The molecule has 7 N–H and O–H groups in total. The number of hydrogen-bond acceptors (Lipinski definition) is 14. The van der Waals surface area contributed by atoms with Crippen LogP contribution < -0.4 is 0 Å². The molecule has 0 amide bonds. The van der Waals surface area contributed by atoms with Crippen molar-refractivity contribution in [1.82, 2.24) is 0 Å². The van der Waals surface area contributed by atoms with Gasteiger partial charge in [-0.25, -0.2) is 0 Å². The Morgan fingerprint density at radius 1 is 0.458 bits per heavy atom. The van der Waals surface area contributed by atoms with Crippen molar-refractivity contribution in [1.29, 1.82) is 0 Å². The van der Waals surface area contributed by atoms with Gasteiger partial charge in [0.25, 0.3) is 0 Å². The molecule has 14 nitrogen and oxygen atoms in total. The maximum atomic E-state index is 13.0. The molecule has 2 saturated heterocycles. The standard InChI is InChI=1S/C58H106O14/c1-3-5-7-9-11-13-15-17-18-19-20-21-22-23-24-25-26-27-28-29-30-32-34-36-38-40-42-67-44-47(70-50(60)41-39-37-35-33-31-16-14-12-10-8-6-4-2)45-68-57-56(66)54(64)52(62)49(72-57)46-69-58-55(65)53(63)51(61)48(43-59)71-58/h15,17,19-20,22-23,47-49,51-59,61-66H,3-14,16,18,21,24-46H2,1-2H3/b17-15-,20-19-,23-22-. The van der Waals surface area contributed by atoms with E-state index in [1.54, 1.807) is 0 Å². The van der Waals surface area contributed by atoms with Gasteiger partial charge in [-0.15, -0.1) is 0 Å². The number of aliphatic hydroxyl groups excluding tert-OH is 7. The molecule has 0 radical (unpaired) electrons. The fraction of sp³-hybridized carbons (Fsp3) is 0.879. The predicted molar refractivity (Wildman–Crippen MR) is 284 cm³/mol. The summed E-state index contributed by atoms with van der Waals surface area (Å²) in [5.74, 6) is -0.376. The molecule has 2 aliphatic rings. The summed E-state index contributed by atoms with van der Waals surface area (Å²) in [4.78, 5) is 13.0. The smallest absolute Gasteiger partial charge is 0.306 e. The zero-order valence-corrected chi connectivity index (χ0v) is 45.2. The Balaban J connectivity index is 1.67. The molecule has 0 bridgehead atoms. The van der Waals surface area contributed by atoms with E-state index in [2.05, 4.69) is 50.3 Å². The summed E-state index contributed by atoms with van der Waals surface area (Å²) in [5, 5.41) is 72.2. The van der Waals surface area contributed by atoms with Gasteiger partial charge >= 0.3 is 5.97 Å². The van der Waals surface area contributed by atoms with Crippen LogP contribution in [0.2, 0.25) is 0 Å². The van der Waals surface area contributed by atoms with Gasteiger partial charge in [0.05, 0.1) is 26.4 Å². The van der Waals surface area contributed by atoms with Crippen molar-refractivity contribution in [3.8, 4) is 0 Å². The Morgan fingerprint density at radius 2 is 0.861 bits per heavy atom. The van der Waals surface area contributed by atoms with Gasteiger partial charge in [0.15, 0.2) is 12.6 Å². The second kappa shape index (κ2) is 45.4. The molecule has 11 unspecified atom stereocenters. The van der Waals surface area contributed by atoms with Crippen LogP contribution in [0.4, 0.5) is 0 Å². The molecule has 0 spiro atoms. The summed E-state index contributed by atoms with van der Waals surface area (Å²) in [7, 11) is 0. The summed E-state index contributed by atoms with van der Waals surface area (Å²) < 4.78 is 34.4. The fourth-order valence-electron chi connectivity index (χ4n) is 9.18. The normalized spacial score (nSPS) is 25.3. The molecule has 0 aromatic carbocycles. The Bertz CT molecular complexity index is 1330. The van der Waals surface area contributed by atoms with Gasteiger partial charge in [0, 0.05) is 13.0 Å². The summed E-state index contributed by atoms with van der Waals surface area (Å²) in [6, 6.07) is 0. The number of ether oxygens (including phenoxy) is 6. The molecule has 2 rings (SSSR count). The molecule has 2 aliphatic heterocycles. The van der Waals surface area contributed by atoms with Crippen LogP contribution in [0.15, 0.2) is 36.5 Å². The van der Waals surface area contributed by atoms with Crippen LogP contribution in [0.25, 0.3) is 0 Å². The summed E-state index contributed by atoms with van der Waals surface area (Å²) in [6.45, 7) is 3.69. The van der Waals surface area contributed by atoms with Crippen molar-refractivity contribution in [3.05, 3.63) is 36.5 Å². The first-order valence-corrected chi connectivity index (χ1v) is 29.1. The highest BCUT2D eigenvalue weighted by atomic mass is 16.7. The monoisotopic (exact) mass is 1030 g/mol. The molecule has 2 fully saturated rings. The molecule has 11 atom stereocenters. The van der Waals surface area contributed by atoms with Crippen LogP contribution in [-0.4, -0.2) is 142 Å². The molecule has 0 aliphatic carbocycles. The van der Waals surface area contributed by atoms with E-state index >= 15 is 0 Å². The van der Waals surface area contributed by atoms with E-state index in [0.29, 0.717) is 13.0 Å². The van der Waals surface area contributed by atoms with E-state index in [0.717, 1.165) is 51.4 Å². The quantitative estimate of drug-likeness (QED) is 0.0172. The van der Waals surface area contributed by atoms with Crippen molar-refractivity contribution >= 4 is 5.97 Å². The number of hydrogen-bond donors (Lipinski definition) is 7. The van der Waals surface area contributed by atoms with Gasteiger partial charge in [0.1, 0.15) is 54.9 Å². The molecule has 14 heteroatoms. The van der Waals surface area contributed by atoms with Crippen LogP contribution in [0.5, 0.6) is 0 Å². The summed E-state index contributed by atoms with van der Waals surface area (Å²) in [5.41, 5.74) is 0. The maximum Gasteiger partial charge on any atom is 0.306 e.